The summed E-state index contributed by atoms with van der Waals surface area (Å²) < 4.78 is 0. The normalized spacial score (nSPS) is 25.0. The van der Waals surface area contributed by atoms with E-state index in [1.165, 1.54) is 4.88 Å². The second kappa shape index (κ2) is 7.07. The van der Waals surface area contributed by atoms with Gasteiger partial charge in [-0.3, -0.25) is 9.69 Å². The van der Waals surface area contributed by atoms with Gasteiger partial charge in [-0.05, 0) is 30.2 Å². The summed E-state index contributed by atoms with van der Waals surface area (Å²) in [4.78, 5) is 25.8. The number of likely N-dealkylation sites (tertiary alicyclic amines) is 2. The number of rotatable bonds is 5. The summed E-state index contributed by atoms with van der Waals surface area (Å²) in [6.45, 7) is 4.08. The predicted molar refractivity (Wildman–Crippen MR) is 94.7 cm³/mol. The molecule has 1 N–H and O–H groups in total. The van der Waals surface area contributed by atoms with Gasteiger partial charge in [0.05, 0.1) is 6.33 Å². The molecule has 0 bridgehead atoms. The zero-order valence-corrected chi connectivity index (χ0v) is 14.7. The van der Waals surface area contributed by atoms with Gasteiger partial charge in [-0.15, -0.1) is 11.3 Å². The first kappa shape index (κ1) is 15.8. The van der Waals surface area contributed by atoms with Crippen LogP contribution in [0.5, 0.6) is 0 Å². The number of piperidine rings is 2. The molecule has 0 unspecified atom stereocenters. The van der Waals surface area contributed by atoms with Crippen LogP contribution >= 0.6 is 11.3 Å². The Hall–Kier alpha value is -1.66. The molecule has 4 heterocycles. The van der Waals surface area contributed by atoms with Crippen LogP contribution in [0.15, 0.2) is 30.0 Å². The maximum atomic E-state index is 12.4. The molecule has 1 amide bonds. The van der Waals surface area contributed by atoms with Crippen molar-refractivity contribution in [3.05, 3.63) is 40.6 Å². The molecule has 0 spiro atoms. The molecule has 0 radical (unpaired) electrons. The largest absolute Gasteiger partial charge is 0.348 e. The molecule has 2 aliphatic heterocycles. The van der Waals surface area contributed by atoms with E-state index in [4.69, 9.17) is 0 Å². The number of imidazole rings is 1. The van der Waals surface area contributed by atoms with Gasteiger partial charge < -0.3 is 9.88 Å². The van der Waals surface area contributed by atoms with Crippen molar-refractivity contribution >= 4 is 17.2 Å². The van der Waals surface area contributed by atoms with Crippen LogP contribution in [0.1, 0.15) is 29.8 Å². The highest BCUT2D eigenvalue weighted by atomic mass is 32.1. The standard InChI is InChI=1S/C18H24N4OS/c23-18-4-3-14-11-21(12-16-2-1-9-24-16)7-6-17(14)22(18)8-5-15-10-19-13-20-15/h1-2,9-10,13-14,17H,3-8,11-12H2,(H,19,20)/t14-,17+/m0/s1. The summed E-state index contributed by atoms with van der Waals surface area (Å²) in [5, 5.41) is 2.15. The van der Waals surface area contributed by atoms with Gasteiger partial charge in [0.1, 0.15) is 0 Å². The SMILES string of the molecule is O=C1CC[C@H]2CN(Cc3cccs3)CC[C@H]2N1CCc1cnc[nH]1. The highest BCUT2D eigenvalue weighted by Crippen LogP contribution is 2.32. The van der Waals surface area contributed by atoms with Crippen molar-refractivity contribution in [2.24, 2.45) is 5.92 Å². The summed E-state index contributed by atoms with van der Waals surface area (Å²) in [6.07, 6.45) is 7.29. The number of hydrogen-bond acceptors (Lipinski definition) is 4. The molecule has 0 aliphatic carbocycles. The van der Waals surface area contributed by atoms with Crippen molar-refractivity contribution in [1.82, 2.24) is 19.8 Å². The number of aromatic amines is 1. The lowest BCUT2D eigenvalue weighted by molar-refractivity contribution is -0.141. The fourth-order valence-corrected chi connectivity index (χ4v) is 4.89. The van der Waals surface area contributed by atoms with Gasteiger partial charge in [-0.25, -0.2) is 4.98 Å². The summed E-state index contributed by atoms with van der Waals surface area (Å²) in [5.74, 6) is 0.959. The number of hydrogen-bond donors (Lipinski definition) is 1. The van der Waals surface area contributed by atoms with Crippen molar-refractivity contribution in [2.45, 2.75) is 38.3 Å². The maximum absolute atomic E-state index is 12.4. The third-order valence-corrected chi connectivity index (χ3v) is 6.23. The molecule has 5 nitrogen and oxygen atoms in total. The zero-order chi connectivity index (χ0) is 16.4. The molecule has 0 aromatic carbocycles. The zero-order valence-electron chi connectivity index (χ0n) is 13.9. The quantitative estimate of drug-likeness (QED) is 0.907. The molecule has 2 atom stereocenters. The number of carbonyl (C=O) groups excluding carboxylic acids is 1. The van der Waals surface area contributed by atoms with Gasteiger partial charge in [0.25, 0.3) is 0 Å². The monoisotopic (exact) mass is 344 g/mol. The summed E-state index contributed by atoms with van der Waals surface area (Å²) in [6, 6.07) is 4.77. The summed E-state index contributed by atoms with van der Waals surface area (Å²) in [7, 11) is 0. The number of H-pyrrole nitrogens is 1. The molecule has 2 fully saturated rings. The van der Waals surface area contributed by atoms with Crippen molar-refractivity contribution in [1.29, 1.82) is 0 Å². The molecular weight excluding hydrogens is 320 g/mol. The first-order valence-electron chi connectivity index (χ1n) is 8.81. The van der Waals surface area contributed by atoms with E-state index in [0.717, 1.165) is 51.1 Å². The minimum atomic E-state index is 0.336. The first-order chi connectivity index (χ1) is 11.8. The minimum Gasteiger partial charge on any atom is -0.348 e. The average molecular weight is 344 g/mol. The van der Waals surface area contributed by atoms with Gasteiger partial charge in [0.2, 0.25) is 5.91 Å². The van der Waals surface area contributed by atoms with E-state index in [-0.39, 0.29) is 0 Å². The Labute approximate surface area is 146 Å². The lowest BCUT2D eigenvalue weighted by atomic mass is 9.83. The summed E-state index contributed by atoms with van der Waals surface area (Å²) in [5.41, 5.74) is 1.11. The van der Waals surface area contributed by atoms with Gasteiger partial charge in [-0.2, -0.15) is 0 Å². The third kappa shape index (κ3) is 3.39. The van der Waals surface area contributed by atoms with E-state index in [0.29, 0.717) is 24.3 Å². The molecule has 2 aromatic rings. The van der Waals surface area contributed by atoms with Gasteiger partial charge in [-0.1, -0.05) is 6.07 Å². The molecule has 128 valence electrons. The topological polar surface area (TPSA) is 52.2 Å². The van der Waals surface area contributed by atoms with E-state index in [2.05, 4.69) is 37.3 Å². The Bertz CT molecular complexity index is 655. The minimum absolute atomic E-state index is 0.336. The number of amides is 1. The number of aromatic nitrogens is 2. The van der Waals surface area contributed by atoms with E-state index >= 15 is 0 Å². The molecule has 2 aliphatic rings. The first-order valence-corrected chi connectivity index (χ1v) is 9.69. The van der Waals surface area contributed by atoms with E-state index in [1.54, 1.807) is 6.33 Å². The Balaban J connectivity index is 1.37. The Morgan fingerprint density at radius 3 is 3.12 bits per heavy atom. The van der Waals surface area contributed by atoms with Crippen molar-refractivity contribution in [3.63, 3.8) is 0 Å². The van der Waals surface area contributed by atoms with Crippen molar-refractivity contribution in [3.8, 4) is 0 Å². The number of thiophene rings is 1. The molecule has 0 saturated carbocycles. The Morgan fingerprint density at radius 1 is 1.38 bits per heavy atom. The smallest absolute Gasteiger partial charge is 0.222 e. The number of nitrogens with one attached hydrogen (secondary N) is 1. The molecule has 6 heteroatoms. The Kier molecular flexibility index (Phi) is 4.67. The molecule has 2 aromatic heterocycles. The van der Waals surface area contributed by atoms with Crippen LogP contribution in [0, 0.1) is 5.92 Å². The van der Waals surface area contributed by atoms with Crippen LogP contribution in [0.4, 0.5) is 0 Å². The second-order valence-corrected chi connectivity index (χ2v) is 7.92. The number of nitrogens with zero attached hydrogens (tertiary/aromatic N) is 3. The van der Waals surface area contributed by atoms with Crippen LogP contribution in [0.2, 0.25) is 0 Å². The van der Waals surface area contributed by atoms with E-state index < -0.39 is 0 Å². The lowest BCUT2D eigenvalue weighted by Crippen LogP contribution is -2.56. The molecular formula is C18H24N4OS. The van der Waals surface area contributed by atoms with Gasteiger partial charge in [0, 0.05) is 61.8 Å². The van der Waals surface area contributed by atoms with Crippen LogP contribution in [-0.4, -0.2) is 51.4 Å². The predicted octanol–water partition coefficient (Wildman–Crippen LogP) is 2.53. The number of carbonyl (C=O) groups is 1. The number of fused-ring (bicyclic) bond motifs is 1. The van der Waals surface area contributed by atoms with Gasteiger partial charge >= 0.3 is 0 Å². The lowest BCUT2D eigenvalue weighted by Gasteiger charge is -2.47. The van der Waals surface area contributed by atoms with Crippen molar-refractivity contribution < 1.29 is 4.79 Å². The summed E-state index contributed by atoms with van der Waals surface area (Å²) >= 11 is 1.84. The van der Waals surface area contributed by atoms with Crippen molar-refractivity contribution in [2.75, 3.05) is 19.6 Å². The third-order valence-electron chi connectivity index (χ3n) is 5.36. The fraction of sp³-hybridized carbons (Fsp3) is 0.556. The van der Waals surface area contributed by atoms with Crippen LogP contribution < -0.4 is 0 Å². The van der Waals surface area contributed by atoms with Crippen LogP contribution in [-0.2, 0) is 17.8 Å². The molecule has 4 rings (SSSR count). The second-order valence-electron chi connectivity index (χ2n) is 6.88. The molecule has 24 heavy (non-hydrogen) atoms. The highest BCUT2D eigenvalue weighted by Gasteiger charge is 2.38. The van der Waals surface area contributed by atoms with E-state index in [1.807, 2.05) is 17.5 Å². The van der Waals surface area contributed by atoms with Gasteiger partial charge in [0.15, 0.2) is 0 Å². The van der Waals surface area contributed by atoms with Crippen LogP contribution in [0.3, 0.4) is 0 Å². The Morgan fingerprint density at radius 2 is 2.33 bits per heavy atom. The average Bonchev–Trinajstić information content (AvgIpc) is 3.28. The fourth-order valence-electron chi connectivity index (χ4n) is 4.15. The maximum Gasteiger partial charge on any atom is 0.222 e. The van der Waals surface area contributed by atoms with Crippen LogP contribution in [0.25, 0.3) is 0 Å². The molecule has 2 saturated heterocycles. The van der Waals surface area contributed by atoms with E-state index in [9.17, 15) is 4.79 Å². The highest BCUT2D eigenvalue weighted by molar-refractivity contribution is 7.09.